The predicted molar refractivity (Wildman–Crippen MR) is 132 cm³/mol. The summed E-state index contributed by atoms with van der Waals surface area (Å²) in [5.74, 6) is 2.42. The van der Waals surface area contributed by atoms with E-state index in [1.807, 2.05) is 68.5 Å². The van der Waals surface area contributed by atoms with Crippen molar-refractivity contribution < 1.29 is 18.6 Å². The Kier molecular flexibility index (Phi) is 6.22. The van der Waals surface area contributed by atoms with Crippen LogP contribution in [0.4, 0.5) is 0 Å². The first-order chi connectivity index (χ1) is 15.9. The van der Waals surface area contributed by atoms with Crippen molar-refractivity contribution in [2.75, 3.05) is 21.3 Å². The third-order valence-electron chi connectivity index (χ3n) is 5.72. The van der Waals surface area contributed by atoms with Gasteiger partial charge in [-0.3, -0.25) is 4.79 Å². The quantitative estimate of drug-likeness (QED) is 0.329. The Bertz CT molecular complexity index is 1390. The van der Waals surface area contributed by atoms with Gasteiger partial charge >= 0.3 is 0 Å². The smallest absolute Gasteiger partial charge is 0.193 e. The van der Waals surface area contributed by atoms with Gasteiger partial charge < -0.3 is 18.6 Å². The van der Waals surface area contributed by atoms with Crippen LogP contribution in [-0.4, -0.2) is 21.3 Å². The van der Waals surface area contributed by atoms with E-state index >= 15 is 0 Å². The molecule has 5 heteroatoms. The first-order valence-electron chi connectivity index (χ1n) is 10.6. The van der Waals surface area contributed by atoms with Gasteiger partial charge in [-0.05, 0) is 66.4 Å². The number of hydrogen-bond acceptors (Lipinski definition) is 5. The fraction of sp³-hybridized carbons (Fsp3) is 0.179. The Balaban J connectivity index is 1.90. The molecule has 1 aromatic heterocycles. The second-order valence-electron chi connectivity index (χ2n) is 7.81. The maximum absolute atomic E-state index is 13.0. The zero-order valence-electron chi connectivity index (χ0n) is 19.4. The summed E-state index contributed by atoms with van der Waals surface area (Å²) in [6, 6.07) is 16.7. The zero-order chi connectivity index (χ0) is 23.5. The largest absolute Gasteiger partial charge is 0.497 e. The normalized spacial score (nSPS) is 11.2. The van der Waals surface area contributed by atoms with Crippen LogP contribution >= 0.6 is 0 Å². The summed E-state index contributed by atoms with van der Waals surface area (Å²) < 4.78 is 22.6. The van der Waals surface area contributed by atoms with Crippen molar-refractivity contribution in [3.63, 3.8) is 0 Å². The standard InChI is InChI=1S/C28H26O5/c1-17-12-23-24(29)16-27(33-25(23)13-18(17)2)28-20(14-22(31-4)15-26(28)32-5)9-6-19-7-10-21(30-3)11-8-19/h6-16H,1-5H3. The van der Waals surface area contributed by atoms with E-state index in [-0.39, 0.29) is 5.43 Å². The van der Waals surface area contributed by atoms with Crippen LogP contribution < -0.4 is 19.6 Å². The van der Waals surface area contributed by atoms with Gasteiger partial charge in [-0.2, -0.15) is 0 Å². The molecule has 0 saturated heterocycles. The van der Waals surface area contributed by atoms with Crippen molar-refractivity contribution in [1.29, 1.82) is 0 Å². The van der Waals surface area contributed by atoms with E-state index in [1.54, 1.807) is 27.4 Å². The van der Waals surface area contributed by atoms with Crippen LogP contribution in [0.15, 0.2) is 63.8 Å². The molecular weight excluding hydrogens is 416 g/mol. The Morgan fingerprint density at radius 1 is 0.758 bits per heavy atom. The summed E-state index contributed by atoms with van der Waals surface area (Å²) in [7, 11) is 4.83. The van der Waals surface area contributed by atoms with Crippen LogP contribution in [0, 0.1) is 13.8 Å². The number of fused-ring (bicyclic) bond motifs is 1. The summed E-state index contributed by atoms with van der Waals surface area (Å²) in [6.07, 6.45) is 3.93. The molecule has 0 atom stereocenters. The molecule has 0 N–H and O–H groups in total. The van der Waals surface area contributed by atoms with Crippen LogP contribution in [0.2, 0.25) is 0 Å². The molecule has 0 radical (unpaired) electrons. The third-order valence-corrected chi connectivity index (χ3v) is 5.72. The molecule has 4 rings (SSSR count). The lowest BCUT2D eigenvalue weighted by Gasteiger charge is -2.14. The van der Waals surface area contributed by atoms with E-state index < -0.39 is 0 Å². The highest BCUT2D eigenvalue weighted by Gasteiger charge is 2.17. The first-order valence-corrected chi connectivity index (χ1v) is 10.6. The van der Waals surface area contributed by atoms with Gasteiger partial charge in [0.2, 0.25) is 0 Å². The lowest BCUT2D eigenvalue weighted by molar-refractivity contribution is 0.394. The van der Waals surface area contributed by atoms with Crippen molar-refractivity contribution in [2.24, 2.45) is 0 Å². The molecule has 0 unspecified atom stereocenters. The Hall–Kier alpha value is -3.99. The van der Waals surface area contributed by atoms with E-state index in [2.05, 4.69) is 0 Å². The van der Waals surface area contributed by atoms with Crippen LogP contribution in [0.25, 0.3) is 34.4 Å². The number of ether oxygens (including phenoxy) is 3. The van der Waals surface area contributed by atoms with Crippen molar-refractivity contribution in [2.45, 2.75) is 13.8 Å². The summed E-state index contributed by atoms with van der Waals surface area (Å²) in [4.78, 5) is 13.0. The maximum atomic E-state index is 13.0. The Morgan fingerprint density at radius 2 is 1.45 bits per heavy atom. The molecule has 0 amide bonds. The van der Waals surface area contributed by atoms with Gasteiger partial charge in [0.25, 0.3) is 0 Å². The van der Waals surface area contributed by atoms with Crippen LogP contribution in [0.3, 0.4) is 0 Å². The molecule has 0 fully saturated rings. The van der Waals surface area contributed by atoms with Crippen molar-refractivity contribution in [1.82, 2.24) is 0 Å². The minimum absolute atomic E-state index is 0.0997. The van der Waals surface area contributed by atoms with E-state index in [1.165, 1.54) is 6.07 Å². The van der Waals surface area contributed by atoms with Crippen molar-refractivity contribution >= 4 is 23.1 Å². The highest BCUT2D eigenvalue weighted by atomic mass is 16.5. The number of aryl methyl sites for hydroxylation is 2. The van der Waals surface area contributed by atoms with Gasteiger partial charge in [0, 0.05) is 12.1 Å². The highest BCUT2D eigenvalue weighted by molar-refractivity contribution is 5.86. The summed E-state index contributed by atoms with van der Waals surface area (Å²) in [5, 5.41) is 0.560. The Labute approximate surface area is 192 Å². The fourth-order valence-corrected chi connectivity index (χ4v) is 3.72. The van der Waals surface area contributed by atoms with Gasteiger partial charge in [0.15, 0.2) is 5.43 Å². The van der Waals surface area contributed by atoms with Gasteiger partial charge in [-0.1, -0.05) is 24.3 Å². The molecule has 3 aromatic carbocycles. The van der Waals surface area contributed by atoms with Gasteiger partial charge in [-0.25, -0.2) is 0 Å². The van der Waals surface area contributed by atoms with E-state index in [4.69, 9.17) is 18.6 Å². The minimum Gasteiger partial charge on any atom is -0.497 e. The average molecular weight is 443 g/mol. The molecule has 5 nitrogen and oxygen atoms in total. The van der Waals surface area contributed by atoms with E-state index in [0.29, 0.717) is 33.8 Å². The SMILES string of the molecule is COc1ccc(C=Cc2cc(OC)cc(OC)c2-c2cc(=O)c3cc(C)c(C)cc3o2)cc1. The van der Waals surface area contributed by atoms with Crippen LogP contribution in [0.5, 0.6) is 17.2 Å². The van der Waals surface area contributed by atoms with Gasteiger partial charge in [0.05, 0.1) is 32.3 Å². The molecule has 33 heavy (non-hydrogen) atoms. The lowest BCUT2D eigenvalue weighted by atomic mass is 10.00. The number of hydrogen-bond donors (Lipinski definition) is 0. The predicted octanol–water partition coefficient (Wildman–Crippen LogP) is 6.27. The molecule has 1 heterocycles. The molecule has 0 aliphatic heterocycles. The summed E-state index contributed by atoms with van der Waals surface area (Å²) in [5.41, 5.74) is 5.03. The summed E-state index contributed by atoms with van der Waals surface area (Å²) in [6.45, 7) is 3.98. The third kappa shape index (κ3) is 4.48. The summed E-state index contributed by atoms with van der Waals surface area (Å²) >= 11 is 0. The molecule has 4 aromatic rings. The second-order valence-corrected chi connectivity index (χ2v) is 7.81. The van der Waals surface area contributed by atoms with Crippen molar-refractivity contribution in [3.05, 3.63) is 87.1 Å². The van der Waals surface area contributed by atoms with Gasteiger partial charge in [-0.15, -0.1) is 0 Å². The zero-order valence-corrected chi connectivity index (χ0v) is 19.4. The number of benzene rings is 3. The Morgan fingerprint density at radius 3 is 2.12 bits per heavy atom. The fourth-order valence-electron chi connectivity index (χ4n) is 3.72. The monoisotopic (exact) mass is 442 g/mol. The number of rotatable bonds is 6. The van der Waals surface area contributed by atoms with Crippen molar-refractivity contribution in [3.8, 4) is 28.6 Å². The molecular formula is C28H26O5. The average Bonchev–Trinajstić information content (AvgIpc) is 2.83. The van der Waals surface area contributed by atoms with Crippen LogP contribution in [0.1, 0.15) is 22.3 Å². The molecule has 0 aliphatic rings. The number of methoxy groups -OCH3 is 3. The van der Waals surface area contributed by atoms with Crippen LogP contribution in [-0.2, 0) is 0 Å². The molecule has 0 spiro atoms. The van der Waals surface area contributed by atoms with E-state index in [9.17, 15) is 4.79 Å². The topological polar surface area (TPSA) is 57.9 Å². The molecule has 0 saturated carbocycles. The second kappa shape index (κ2) is 9.25. The first kappa shape index (κ1) is 22.2. The molecule has 168 valence electrons. The lowest BCUT2D eigenvalue weighted by Crippen LogP contribution is -2.03. The molecule has 0 bridgehead atoms. The molecule has 0 aliphatic carbocycles. The maximum Gasteiger partial charge on any atom is 0.193 e. The van der Waals surface area contributed by atoms with Gasteiger partial charge in [0.1, 0.15) is 28.6 Å². The highest BCUT2D eigenvalue weighted by Crippen LogP contribution is 2.38. The minimum atomic E-state index is -0.0997. The van der Waals surface area contributed by atoms with E-state index in [0.717, 1.165) is 28.0 Å².